The van der Waals surface area contributed by atoms with Gasteiger partial charge in [-0.1, -0.05) is 41.9 Å². The quantitative estimate of drug-likeness (QED) is 0.747. The number of benzene rings is 1. The van der Waals surface area contributed by atoms with Crippen LogP contribution in [0, 0.1) is 11.8 Å². The standard InChI is InChI=1S/C18H24BrNO/c1-14(2)12-20-13-16(11-18-7-4-8-21-18)9-15-5-3-6-17(19)10-15/h3-8,10,14,16,20H,9,11-13H2,1-2H3. The van der Waals surface area contributed by atoms with Gasteiger partial charge in [0.2, 0.25) is 0 Å². The van der Waals surface area contributed by atoms with Gasteiger partial charge in [0.1, 0.15) is 5.76 Å². The number of furan rings is 1. The van der Waals surface area contributed by atoms with Crippen molar-refractivity contribution in [2.45, 2.75) is 26.7 Å². The Kier molecular flexibility index (Phi) is 6.52. The molecule has 1 unspecified atom stereocenters. The Morgan fingerprint density at radius 3 is 2.62 bits per heavy atom. The van der Waals surface area contributed by atoms with Gasteiger partial charge in [0, 0.05) is 10.9 Å². The van der Waals surface area contributed by atoms with Crippen LogP contribution in [-0.4, -0.2) is 13.1 Å². The summed E-state index contributed by atoms with van der Waals surface area (Å²) in [5.41, 5.74) is 1.37. The summed E-state index contributed by atoms with van der Waals surface area (Å²) >= 11 is 3.55. The van der Waals surface area contributed by atoms with Crippen molar-refractivity contribution in [2.24, 2.45) is 11.8 Å². The highest BCUT2D eigenvalue weighted by molar-refractivity contribution is 9.10. The van der Waals surface area contributed by atoms with E-state index in [0.717, 1.165) is 36.2 Å². The molecule has 0 radical (unpaired) electrons. The molecule has 0 aliphatic heterocycles. The number of hydrogen-bond acceptors (Lipinski definition) is 2. The van der Waals surface area contributed by atoms with E-state index in [1.807, 2.05) is 6.07 Å². The molecule has 0 saturated heterocycles. The summed E-state index contributed by atoms with van der Waals surface area (Å²) in [6, 6.07) is 12.6. The smallest absolute Gasteiger partial charge is 0.104 e. The summed E-state index contributed by atoms with van der Waals surface area (Å²) in [6.07, 6.45) is 3.79. The maximum atomic E-state index is 5.52. The number of halogens is 1. The second-order valence-electron chi connectivity index (χ2n) is 6.04. The summed E-state index contributed by atoms with van der Waals surface area (Å²) in [6.45, 7) is 6.56. The Labute approximate surface area is 136 Å². The van der Waals surface area contributed by atoms with Crippen molar-refractivity contribution in [3.63, 3.8) is 0 Å². The maximum absolute atomic E-state index is 5.52. The molecule has 0 spiro atoms. The minimum absolute atomic E-state index is 0.546. The molecule has 1 aromatic heterocycles. The molecule has 0 bridgehead atoms. The highest BCUT2D eigenvalue weighted by atomic mass is 79.9. The molecule has 0 amide bonds. The van der Waals surface area contributed by atoms with Gasteiger partial charge in [-0.2, -0.15) is 0 Å². The minimum atomic E-state index is 0.546. The van der Waals surface area contributed by atoms with E-state index >= 15 is 0 Å². The molecule has 2 nitrogen and oxygen atoms in total. The van der Waals surface area contributed by atoms with Gasteiger partial charge in [0.05, 0.1) is 6.26 Å². The average Bonchev–Trinajstić information content (AvgIpc) is 2.91. The van der Waals surface area contributed by atoms with E-state index < -0.39 is 0 Å². The van der Waals surface area contributed by atoms with E-state index in [9.17, 15) is 0 Å². The van der Waals surface area contributed by atoms with Crippen molar-refractivity contribution >= 4 is 15.9 Å². The SMILES string of the molecule is CC(C)CNCC(Cc1cccc(Br)c1)Cc1ccco1. The van der Waals surface area contributed by atoms with Gasteiger partial charge in [-0.05, 0) is 61.2 Å². The number of hydrogen-bond donors (Lipinski definition) is 1. The maximum Gasteiger partial charge on any atom is 0.104 e. The highest BCUT2D eigenvalue weighted by Crippen LogP contribution is 2.18. The van der Waals surface area contributed by atoms with Gasteiger partial charge in [-0.15, -0.1) is 0 Å². The topological polar surface area (TPSA) is 25.2 Å². The lowest BCUT2D eigenvalue weighted by Gasteiger charge is -2.18. The van der Waals surface area contributed by atoms with Gasteiger partial charge in [0.25, 0.3) is 0 Å². The van der Waals surface area contributed by atoms with Crippen LogP contribution in [-0.2, 0) is 12.8 Å². The zero-order valence-corrected chi connectivity index (χ0v) is 14.4. The van der Waals surface area contributed by atoms with Crippen LogP contribution in [0.4, 0.5) is 0 Å². The first-order valence-corrected chi connectivity index (χ1v) is 8.40. The molecule has 0 aliphatic rings. The molecular weight excluding hydrogens is 326 g/mol. The van der Waals surface area contributed by atoms with Crippen molar-refractivity contribution in [3.05, 3.63) is 58.5 Å². The molecule has 1 N–H and O–H groups in total. The molecule has 3 heteroatoms. The van der Waals surface area contributed by atoms with E-state index in [4.69, 9.17) is 4.42 Å². The van der Waals surface area contributed by atoms with Crippen molar-refractivity contribution in [1.82, 2.24) is 5.32 Å². The fraction of sp³-hybridized carbons (Fsp3) is 0.444. The van der Waals surface area contributed by atoms with Crippen molar-refractivity contribution in [3.8, 4) is 0 Å². The first-order valence-electron chi connectivity index (χ1n) is 7.61. The van der Waals surface area contributed by atoms with Gasteiger partial charge in [0.15, 0.2) is 0 Å². The predicted octanol–water partition coefficient (Wildman–Crippen LogP) is 4.69. The van der Waals surface area contributed by atoms with Crippen LogP contribution in [0.15, 0.2) is 51.6 Å². The zero-order valence-electron chi connectivity index (χ0n) is 12.8. The first kappa shape index (κ1) is 16.3. The van der Waals surface area contributed by atoms with Crippen LogP contribution in [0.5, 0.6) is 0 Å². The molecule has 21 heavy (non-hydrogen) atoms. The Morgan fingerprint density at radius 1 is 1.10 bits per heavy atom. The van der Waals surface area contributed by atoms with E-state index in [1.54, 1.807) is 6.26 Å². The molecule has 2 rings (SSSR count). The van der Waals surface area contributed by atoms with E-state index in [0.29, 0.717) is 11.8 Å². The Bertz CT molecular complexity index is 522. The van der Waals surface area contributed by atoms with Crippen LogP contribution in [0.1, 0.15) is 25.2 Å². The van der Waals surface area contributed by atoms with Crippen molar-refractivity contribution in [1.29, 1.82) is 0 Å². The zero-order chi connectivity index (χ0) is 15.1. The molecule has 2 aromatic rings. The van der Waals surface area contributed by atoms with Crippen LogP contribution in [0.25, 0.3) is 0 Å². The third-order valence-electron chi connectivity index (χ3n) is 3.47. The average molecular weight is 350 g/mol. The van der Waals surface area contributed by atoms with Gasteiger partial charge < -0.3 is 9.73 Å². The molecule has 1 heterocycles. The highest BCUT2D eigenvalue weighted by Gasteiger charge is 2.13. The molecule has 1 atom stereocenters. The molecule has 114 valence electrons. The van der Waals surface area contributed by atoms with Gasteiger partial charge in [-0.3, -0.25) is 0 Å². The number of rotatable bonds is 8. The lowest BCUT2D eigenvalue weighted by atomic mass is 9.95. The lowest BCUT2D eigenvalue weighted by Crippen LogP contribution is -2.28. The summed E-state index contributed by atoms with van der Waals surface area (Å²) in [5, 5.41) is 3.58. The van der Waals surface area contributed by atoms with Crippen molar-refractivity contribution in [2.75, 3.05) is 13.1 Å². The fourth-order valence-corrected chi connectivity index (χ4v) is 2.95. The third-order valence-corrected chi connectivity index (χ3v) is 3.96. The van der Waals surface area contributed by atoms with Crippen LogP contribution >= 0.6 is 15.9 Å². The second-order valence-corrected chi connectivity index (χ2v) is 6.95. The van der Waals surface area contributed by atoms with Crippen LogP contribution in [0.2, 0.25) is 0 Å². The summed E-state index contributed by atoms with van der Waals surface area (Å²) in [4.78, 5) is 0. The largest absolute Gasteiger partial charge is 0.469 e. The van der Waals surface area contributed by atoms with E-state index in [1.165, 1.54) is 5.56 Å². The fourth-order valence-electron chi connectivity index (χ4n) is 2.50. The minimum Gasteiger partial charge on any atom is -0.469 e. The third kappa shape index (κ3) is 6.06. The lowest BCUT2D eigenvalue weighted by molar-refractivity contribution is 0.404. The monoisotopic (exact) mass is 349 g/mol. The molecule has 0 saturated carbocycles. The van der Waals surface area contributed by atoms with Crippen LogP contribution < -0.4 is 5.32 Å². The molecule has 1 aromatic carbocycles. The van der Waals surface area contributed by atoms with E-state index in [2.05, 4.69) is 65.4 Å². The van der Waals surface area contributed by atoms with Gasteiger partial charge in [-0.25, -0.2) is 0 Å². The Balaban J connectivity index is 1.96. The molecule has 0 aliphatic carbocycles. The van der Waals surface area contributed by atoms with E-state index in [-0.39, 0.29) is 0 Å². The summed E-state index contributed by atoms with van der Waals surface area (Å²) in [5.74, 6) is 2.30. The first-order chi connectivity index (χ1) is 10.1. The second kappa shape index (κ2) is 8.40. The van der Waals surface area contributed by atoms with Crippen molar-refractivity contribution < 1.29 is 4.42 Å². The van der Waals surface area contributed by atoms with Crippen LogP contribution in [0.3, 0.4) is 0 Å². The Hall–Kier alpha value is -1.06. The number of nitrogens with one attached hydrogen (secondary N) is 1. The Morgan fingerprint density at radius 2 is 1.95 bits per heavy atom. The van der Waals surface area contributed by atoms with Gasteiger partial charge >= 0.3 is 0 Å². The molecular formula is C18H24BrNO. The predicted molar refractivity (Wildman–Crippen MR) is 91.5 cm³/mol. The molecule has 0 fully saturated rings. The summed E-state index contributed by atoms with van der Waals surface area (Å²) < 4.78 is 6.66. The summed E-state index contributed by atoms with van der Waals surface area (Å²) in [7, 11) is 0. The normalized spacial score (nSPS) is 12.8.